The number of nitrogens with one attached hydrogen (secondary N) is 1. The molecule has 0 aliphatic rings. The molecule has 19 heavy (non-hydrogen) atoms. The highest BCUT2D eigenvalue weighted by molar-refractivity contribution is 5.52. The van der Waals surface area contributed by atoms with Crippen molar-refractivity contribution in [2.24, 2.45) is 0 Å². The van der Waals surface area contributed by atoms with Gasteiger partial charge in [0.2, 0.25) is 0 Å². The molecule has 0 saturated carbocycles. The Balaban J connectivity index is 3.23. The molecule has 5 heteroatoms. The zero-order valence-electron chi connectivity index (χ0n) is 11.4. The first-order chi connectivity index (χ1) is 9.21. The van der Waals surface area contributed by atoms with Crippen LogP contribution in [0, 0.1) is 11.3 Å². The first-order valence-corrected chi connectivity index (χ1v) is 5.75. The summed E-state index contributed by atoms with van der Waals surface area (Å²) in [6.07, 6.45) is 1.69. The summed E-state index contributed by atoms with van der Waals surface area (Å²) in [5.74, 6) is 1.68. The van der Waals surface area contributed by atoms with Crippen molar-refractivity contribution < 1.29 is 14.2 Å². The quantitative estimate of drug-likeness (QED) is 0.762. The molecule has 0 fully saturated rings. The van der Waals surface area contributed by atoms with Crippen LogP contribution in [-0.2, 0) is 0 Å². The lowest BCUT2D eigenvalue weighted by molar-refractivity contribution is 0.346. The Hall–Kier alpha value is -2.19. The third-order valence-corrected chi connectivity index (χ3v) is 2.64. The highest BCUT2D eigenvalue weighted by Gasteiger charge is 2.19. The van der Waals surface area contributed by atoms with Crippen molar-refractivity contribution in [3.8, 4) is 23.3 Å². The van der Waals surface area contributed by atoms with E-state index in [2.05, 4.69) is 18.0 Å². The second-order valence-electron chi connectivity index (χ2n) is 3.71. The van der Waals surface area contributed by atoms with Gasteiger partial charge in [0.05, 0.1) is 27.4 Å². The van der Waals surface area contributed by atoms with E-state index in [4.69, 9.17) is 14.2 Å². The molecule has 5 nitrogen and oxygen atoms in total. The highest BCUT2D eigenvalue weighted by atomic mass is 16.5. The fraction of sp³-hybridized carbons (Fsp3) is 0.357. The number of hydrogen-bond donors (Lipinski definition) is 1. The van der Waals surface area contributed by atoms with Crippen molar-refractivity contribution in [1.82, 2.24) is 5.32 Å². The van der Waals surface area contributed by atoms with E-state index in [1.165, 1.54) is 0 Å². The van der Waals surface area contributed by atoms with Crippen LogP contribution in [0.1, 0.15) is 11.6 Å². The van der Waals surface area contributed by atoms with Gasteiger partial charge in [0.1, 0.15) is 11.8 Å². The molecule has 0 aliphatic heterocycles. The average molecular weight is 262 g/mol. The minimum absolute atomic E-state index is 0.507. The molecule has 0 aliphatic carbocycles. The molecule has 0 saturated heterocycles. The van der Waals surface area contributed by atoms with Crippen molar-refractivity contribution in [2.75, 3.05) is 27.9 Å². The molecule has 1 N–H and O–H groups in total. The van der Waals surface area contributed by atoms with E-state index in [-0.39, 0.29) is 0 Å². The number of hydrogen-bond acceptors (Lipinski definition) is 5. The second-order valence-corrected chi connectivity index (χ2v) is 3.71. The molecular weight excluding hydrogens is 244 g/mol. The highest BCUT2D eigenvalue weighted by Crippen LogP contribution is 2.37. The van der Waals surface area contributed by atoms with E-state index in [0.29, 0.717) is 29.4 Å². The van der Waals surface area contributed by atoms with Gasteiger partial charge >= 0.3 is 0 Å². The Labute approximate surface area is 113 Å². The van der Waals surface area contributed by atoms with Crippen LogP contribution in [0.4, 0.5) is 0 Å². The molecule has 1 unspecified atom stereocenters. The van der Waals surface area contributed by atoms with Gasteiger partial charge in [-0.25, -0.2) is 0 Å². The van der Waals surface area contributed by atoms with Crippen molar-refractivity contribution in [3.05, 3.63) is 30.4 Å². The molecule has 1 rings (SSSR count). The maximum atomic E-state index is 9.24. The molecule has 1 aromatic carbocycles. The minimum Gasteiger partial charge on any atom is -0.496 e. The van der Waals surface area contributed by atoms with Gasteiger partial charge in [0.15, 0.2) is 11.5 Å². The number of nitriles is 1. The first-order valence-electron chi connectivity index (χ1n) is 5.75. The molecule has 0 radical (unpaired) electrons. The molecule has 0 bridgehead atoms. The van der Waals surface area contributed by atoms with Gasteiger partial charge in [-0.2, -0.15) is 5.26 Å². The summed E-state index contributed by atoms with van der Waals surface area (Å²) in [5.41, 5.74) is 0.699. The van der Waals surface area contributed by atoms with Gasteiger partial charge in [0, 0.05) is 18.2 Å². The standard InChI is InChI=1S/C14H18N2O3/c1-5-6-16-11(9-15)10-7-13(18-3)14(19-4)8-12(10)17-2/h5,7-8,11,16H,1,6H2,2-4H3. The zero-order valence-corrected chi connectivity index (χ0v) is 11.4. The summed E-state index contributed by atoms with van der Waals surface area (Å²) >= 11 is 0. The van der Waals surface area contributed by atoms with Gasteiger partial charge in [-0.1, -0.05) is 6.08 Å². The monoisotopic (exact) mass is 262 g/mol. The molecule has 0 amide bonds. The average Bonchev–Trinajstić information content (AvgIpc) is 2.47. The Bertz CT molecular complexity index is 480. The number of ether oxygens (including phenoxy) is 3. The molecular formula is C14H18N2O3. The van der Waals surface area contributed by atoms with Crippen molar-refractivity contribution in [3.63, 3.8) is 0 Å². The fourth-order valence-corrected chi connectivity index (χ4v) is 1.70. The molecule has 0 heterocycles. The Morgan fingerprint density at radius 1 is 1.21 bits per heavy atom. The Kier molecular flexibility index (Phi) is 5.71. The van der Waals surface area contributed by atoms with Gasteiger partial charge in [-0.3, -0.25) is 5.32 Å². The first kappa shape index (κ1) is 14.9. The van der Waals surface area contributed by atoms with Gasteiger partial charge in [-0.15, -0.1) is 6.58 Å². The topological polar surface area (TPSA) is 63.5 Å². The molecule has 1 aromatic rings. The lowest BCUT2D eigenvalue weighted by Gasteiger charge is -2.17. The van der Waals surface area contributed by atoms with Gasteiger partial charge < -0.3 is 14.2 Å². The summed E-state index contributed by atoms with van der Waals surface area (Å²) < 4.78 is 15.7. The van der Waals surface area contributed by atoms with E-state index < -0.39 is 6.04 Å². The smallest absolute Gasteiger partial charge is 0.164 e. The van der Waals surface area contributed by atoms with E-state index in [1.807, 2.05) is 0 Å². The lowest BCUT2D eigenvalue weighted by atomic mass is 10.1. The number of rotatable bonds is 7. The van der Waals surface area contributed by atoms with E-state index in [9.17, 15) is 5.26 Å². The molecule has 1 atom stereocenters. The Morgan fingerprint density at radius 3 is 2.26 bits per heavy atom. The number of benzene rings is 1. The van der Waals surface area contributed by atoms with Gasteiger partial charge in [-0.05, 0) is 6.07 Å². The summed E-state index contributed by atoms with van der Waals surface area (Å²) in [7, 11) is 4.65. The largest absolute Gasteiger partial charge is 0.496 e. The molecule has 0 aromatic heterocycles. The Morgan fingerprint density at radius 2 is 1.79 bits per heavy atom. The third kappa shape index (κ3) is 3.39. The summed E-state index contributed by atoms with van der Waals surface area (Å²) in [6.45, 7) is 4.14. The maximum Gasteiger partial charge on any atom is 0.164 e. The SMILES string of the molecule is C=CCNC(C#N)c1cc(OC)c(OC)cc1OC. The molecule has 0 spiro atoms. The third-order valence-electron chi connectivity index (χ3n) is 2.64. The van der Waals surface area contributed by atoms with Crippen LogP contribution >= 0.6 is 0 Å². The predicted molar refractivity (Wildman–Crippen MR) is 72.7 cm³/mol. The van der Waals surface area contributed by atoms with E-state index in [0.717, 1.165) is 0 Å². The predicted octanol–water partition coefficient (Wildman–Crippen LogP) is 2.05. The molecule has 102 valence electrons. The van der Waals surface area contributed by atoms with Gasteiger partial charge in [0.25, 0.3) is 0 Å². The summed E-state index contributed by atoms with van der Waals surface area (Å²) in [4.78, 5) is 0. The second kappa shape index (κ2) is 7.29. The lowest BCUT2D eigenvalue weighted by Crippen LogP contribution is -2.20. The van der Waals surface area contributed by atoms with Crippen LogP contribution in [0.15, 0.2) is 24.8 Å². The normalized spacial score (nSPS) is 11.3. The van der Waals surface area contributed by atoms with Crippen LogP contribution < -0.4 is 19.5 Å². The van der Waals surface area contributed by atoms with Crippen LogP contribution in [0.25, 0.3) is 0 Å². The van der Waals surface area contributed by atoms with Crippen LogP contribution in [0.3, 0.4) is 0 Å². The number of methoxy groups -OCH3 is 3. The zero-order chi connectivity index (χ0) is 14.3. The maximum absolute atomic E-state index is 9.24. The van der Waals surface area contributed by atoms with E-state index >= 15 is 0 Å². The van der Waals surface area contributed by atoms with Crippen molar-refractivity contribution in [2.45, 2.75) is 6.04 Å². The van der Waals surface area contributed by atoms with Crippen LogP contribution in [0.2, 0.25) is 0 Å². The van der Waals surface area contributed by atoms with E-state index in [1.54, 1.807) is 39.5 Å². The van der Waals surface area contributed by atoms with Crippen molar-refractivity contribution in [1.29, 1.82) is 5.26 Å². The van der Waals surface area contributed by atoms with Crippen molar-refractivity contribution >= 4 is 0 Å². The van der Waals surface area contributed by atoms with Crippen LogP contribution in [0.5, 0.6) is 17.2 Å². The fourth-order valence-electron chi connectivity index (χ4n) is 1.70. The summed E-state index contributed by atoms with van der Waals surface area (Å²) in [6, 6.07) is 5.11. The number of nitrogens with zero attached hydrogens (tertiary/aromatic N) is 1. The van der Waals surface area contributed by atoms with Crippen LogP contribution in [-0.4, -0.2) is 27.9 Å². The summed E-state index contributed by atoms with van der Waals surface area (Å²) in [5, 5.41) is 12.3. The minimum atomic E-state index is -0.507.